The number of nitriles is 1. The molecular formula is C26H25Cl2N3O6S. The van der Waals surface area contributed by atoms with Gasteiger partial charge < -0.3 is 24.8 Å². The summed E-state index contributed by atoms with van der Waals surface area (Å²) in [6.45, 7) is 4.49. The van der Waals surface area contributed by atoms with Gasteiger partial charge in [0.2, 0.25) is 11.8 Å². The van der Waals surface area contributed by atoms with Gasteiger partial charge in [-0.25, -0.2) is 0 Å². The van der Waals surface area contributed by atoms with Crippen molar-refractivity contribution in [3.05, 3.63) is 62.6 Å². The number of amides is 2. The molecule has 9 nitrogen and oxygen atoms in total. The topological polar surface area (TPSA) is 127 Å². The summed E-state index contributed by atoms with van der Waals surface area (Å²) >= 11 is 13.7. The number of carbonyl (C=O) groups excluding carboxylic acids is 3. The Labute approximate surface area is 234 Å². The smallest absolute Gasteiger partial charge is 0.319 e. The van der Waals surface area contributed by atoms with Crippen LogP contribution in [0.25, 0.3) is 0 Å². The Morgan fingerprint density at radius 3 is 2.29 bits per heavy atom. The zero-order chi connectivity index (χ0) is 27.8. The second-order valence-electron chi connectivity index (χ2n) is 7.86. The third-order valence-electron chi connectivity index (χ3n) is 5.45. The van der Waals surface area contributed by atoms with Crippen LogP contribution < -0.4 is 20.1 Å². The molecule has 0 radical (unpaired) electrons. The van der Waals surface area contributed by atoms with Gasteiger partial charge in [0.05, 0.1) is 52.8 Å². The van der Waals surface area contributed by atoms with Crippen molar-refractivity contribution in [1.29, 1.82) is 5.26 Å². The molecule has 200 valence electrons. The predicted octanol–water partition coefficient (Wildman–Crippen LogP) is 4.90. The van der Waals surface area contributed by atoms with Gasteiger partial charge in [-0.15, -0.1) is 0 Å². The number of hydrogen-bond acceptors (Lipinski definition) is 8. The first-order chi connectivity index (χ1) is 18.2. The van der Waals surface area contributed by atoms with Gasteiger partial charge in [0.25, 0.3) is 0 Å². The summed E-state index contributed by atoms with van der Waals surface area (Å²) in [5.74, 6) is -3.50. The monoisotopic (exact) mass is 577 g/mol. The first kappa shape index (κ1) is 29.2. The van der Waals surface area contributed by atoms with Crippen molar-refractivity contribution in [2.75, 3.05) is 31.4 Å². The van der Waals surface area contributed by atoms with E-state index in [1.54, 1.807) is 31.2 Å². The number of nitrogens with zero attached hydrogens (tertiary/aromatic N) is 1. The molecule has 0 aliphatic carbocycles. The van der Waals surface area contributed by atoms with Crippen LogP contribution in [-0.2, 0) is 19.1 Å². The number of thioether (sulfide) groups is 1. The summed E-state index contributed by atoms with van der Waals surface area (Å²) in [4.78, 5) is 38.3. The quantitative estimate of drug-likeness (QED) is 0.301. The number of allylic oxidation sites excluding steroid dienone is 1. The predicted molar refractivity (Wildman–Crippen MR) is 145 cm³/mol. The SMILES string of the molecule is CCOc1ccc(NC(=O)CSC2=C(C#N)[C@H](c3cc(Cl)c(OCC)c(Cl)c3)[C@@H](C(=O)OC)C(=O)N2)cc1. The molecule has 1 aliphatic rings. The minimum Gasteiger partial charge on any atom is -0.494 e. The Balaban J connectivity index is 1.90. The molecule has 2 amide bonds. The van der Waals surface area contributed by atoms with Crippen LogP contribution in [0.2, 0.25) is 10.0 Å². The number of carbonyl (C=O) groups is 3. The molecule has 12 heteroatoms. The van der Waals surface area contributed by atoms with E-state index in [-0.39, 0.29) is 38.1 Å². The number of hydrogen-bond donors (Lipinski definition) is 2. The fraction of sp³-hybridized carbons (Fsp3) is 0.308. The van der Waals surface area contributed by atoms with E-state index in [2.05, 4.69) is 16.7 Å². The summed E-state index contributed by atoms with van der Waals surface area (Å²) in [7, 11) is 1.15. The Morgan fingerprint density at radius 2 is 1.74 bits per heavy atom. The van der Waals surface area contributed by atoms with Gasteiger partial charge in [0.1, 0.15) is 11.7 Å². The van der Waals surface area contributed by atoms with Gasteiger partial charge in [-0.1, -0.05) is 35.0 Å². The maximum absolute atomic E-state index is 13.0. The van der Waals surface area contributed by atoms with Crippen LogP contribution in [-0.4, -0.2) is 43.9 Å². The zero-order valence-electron chi connectivity index (χ0n) is 20.8. The van der Waals surface area contributed by atoms with Crippen molar-refractivity contribution in [3.63, 3.8) is 0 Å². The van der Waals surface area contributed by atoms with Gasteiger partial charge in [0.15, 0.2) is 5.75 Å². The molecule has 3 rings (SSSR count). The highest BCUT2D eigenvalue weighted by molar-refractivity contribution is 8.03. The fourth-order valence-corrected chi connectivity index (χ4v) is 5.32. The van der Waals surface area contributed by atoms with Crippen molar-refractivity contribution in [2.24, 2.45) is 5.92 Å². The molecule has 0 unspecified atom stereocenters. The number of halogens is 2. The van der Waals surface area contributed by atoms with E-state index < -0.39 is 23.7 Å². The van der Waals surface area contributed by atoms with Crippen LogP contribution in [0.5, 0.6) is 11.5 Å². The molecule has 2 N–H and O–H groups in total. The van der Waals surface area contributed by atoms with Gasteiger partial charge in [-0.3, -0.25) is 14.4 Å². The van der Waals surface area contributed by atoms with Crippen LogP contribution >= 0.6 is 35.0 Å². The number of esters is 1. The lowest BCUT2D eigenvalue weighted by molar-refractivity contribution is -0.150. The van der Waals surface area contributed by atoms with Crippen LogP contribution in [0.4, 0.5) is 5.69 Å². The standard InChI is InChI=1S/C26H25Cl2N3O6S/c1-4-36-16-8-6-15(7-9-16)30-20(32)13-38-25-17(12-29)21(22(24(33)31-25)26(34)35-3)14-10-18(27)23(37-5-2)19(28)11-14/h6-11,21-22H,4-5,13H2,1-3H3,(H,30,32)(H,31,33)/t21-,22+/m0/s1. The molecule has 0 saturated carbocycles. The Kier molecular flexibility index (Phi) is 10.3. The third kappa shape index (κ3) is 6.72. The lowest BCUT2D eigenvalue weighted by atomic mass is 9.78. The van der Waals surface area contributed by atoms with E-state index in [1.807, 2.05) is 6.92 Å². The first-order valence-electron chi connectivity index (χ1n) is 11.5. The first-order valence-corrected chi connectivity index (χ1v) is 13.3. The molecule has 2 aromatic rings. The summed E-state index contributed by atoms with van der Waals surface area (Å²) in [5, 5.41) is 15.9. The summed E-state index contributed by atoms with van der Waals surface area (Å²) in [6.07, 6.45) is 0. The minimum atomic E-state index is -1.37. The molecule has 0 saturated heterocycles. The maximum atomic E-state index is 13.0. The van der Waals surface area contributed by atoms with Crippen molar-refractivity contribution < 1.29 is 28.6 Å². The van der Waals surface area contributed by atoms with Crippen LogP contribution in [0.3, 0.4) is 0 Å². The van der Waals surface area contributed by atoms with E-state index in [4.69, 9.17) is 37.4 Å². The molecule has 0 fully saturated rings. The lowest BCUT2D eigenvalue weighted by Crippen LogP contribution is -2.44. The van der Waals surface area contributed by atoms with Crippen molar-refractivity contribution in [2.45, 2.75) is 19.8 Å². The van der Waals surface area contributed by atoms with Gasteiger partial charge >= 0.3 is 5.97 Å². The largest absolute Gasteiger partial charge is 0.494 e. The van der Waals surface area contributed by atoms with E-state index >= 15 is 0 Å². The average Bonchev–Trinajstić information content (AvgIpc) is 2.89. The van der Waals surface area contributed by atoms with Gasteiger partial charge in [-0.2, -0.15) is 5.26 Å². The van der Waals surface area contributed by atoms with E-state index in [9.17, 15) is 19.6 Å². The lowest BCUT2D eigenvalue weighted by Gasteiger charge is -2.31. The molecule has 1 heterocycles. The Hall–Kier alpha value is -3.39. The highest BCUT2D eigenvalue weighted by atomic mass is 35.5. The number of nitrogens with one attached hydrogen (secondary N) is 2. The molecule has 0 bridgehead atoms. The zero-order valence-corrected chi connectivity index (χ0v) is 23.1. The molecule has 1 aliphatic heterocycles. The number of benzene rings is 2. The summed E-state index contributed by atoms with van der Waals surface area (Å²) in [6, 6.07) is 11.9. The fourth-order valence-electron chi connectivity index (χ4n) is 3.86. The highest BCUT2D eigenvalue weighted by Gasteiger charge is 2.44. The molecular weight excluding hydrogens is 553 g/mol. The van der Waals surface area contributed by atoms with Gasteiger partial charge in [-0.05, 0) is 55.8 Å². The second-order valence-corrected chi connectivity index (χ2v) is 9.66. The van der Waals surface area contributed by atoms with Crippen LogP contribution in [0, 0.1) is 17.2 Å². The van der Waals surface area contributed by atoms with E-state index in [1.165, 1.54) is 12.1 Å². The number of methoxy groups -OCH3 is 1. The second kappa shape index (κ2) is 13.4. The summed E-state index contributed by atoms with van der Waals surface area (Å²) in [5.41, 5.74) is 0.973. The Bertz CT molecular complexity index is 1270. The average molecular weight is 578 g/mol. The molecule has 2 aromatic carbocycles. The van der Waals surface area contributed by atoms with Crippen LogP contribution in [0.15, 0.2) is 47.0 Å². The molecule has 0 spiro atoms. The number of rotatable bonds is 10. The van der Waals surface area contributed by atoms with Crippen molar-refractivity contribution in [1.82, 2.24) is 5.32 Å². The summed E-state index contributed by atoms with van der Waals surface area (Å²) < 4.78 is 15.7. The van der Waals surface area contributed by atoms with E-state index in [0.717, 1.165) is 18.9 Å². The number of anilines is 1. The molecule has 0 aromatic heterocycles. The van der Waals surface area contributed by atoms with Gasteiger partial charge in [0, 0.05) is 11.6 Å². The van der Waals surface area contributed by atoms with Crippen molar-refractivity contribution >= 4 is 58.4 Å². The van der Waals surface area contributed by atoms with Crippen molar-refractivity contribution in [3.8, 4) is 17.6 Å². The third-order valence-corrected chi connectivity index (χ3v) is 7.03. The van der Waals surface area contributed by atoms with Crippen LogP contribution in [0.1, 0.15) is 25.3 Å². The number of ether oxygens (including phenoxy) is 3. The Morgan fingerprint density at radius 1 is 1.11 bits per heavy atom. The maximum Gasteiger partial charge on any atom is 0.319 e. The molecule has 38 heavy (non-hydrogen) atoms. The molecule has 2 atom stereocenters. The minimum absolute atomic E-state index is 0.0650. The van der Waals surface area contributed by atoms with E-state index in [0.29, 0.717) is 30.2 Å². The highest BCUT2D eigenvalue weighted by Crippen LogP contribution is 2.44. The normalized spacial score (nSPS) is 16.8.